The van der Waals surface area contributed by atoms with E-state index in [2.05, 4.69) is 0 Å². The van der Waals surface area contributed by atoms with Crippen LogP contribution < -0.4 is 14.9 Å². The summed E-state index contributed by atoms with van der Waals surface area (Å²) in [6, 6.07) is 9.13. The van der Waals surface area contributed by atoms with E-state index in [0.717, 1.165) is 0 Å². The minimum absolute atomic E-state index is 0.0757. The van der Waals surface area contributed by atoms with Crippen molar-refractivity contribution < 1.29 is 23.8 Å². The molecule has 0 aliphatic heterocycles. The lowest BCUT2D eigenvalue weighted by molar-refractivity contribution is 0.0694. The fraction of sp³-hybridized carbons (Fsp3) is 0.111. The fourth-order valence-electron chi connectivity index (χ4n) is 2.54. The maximum atomic E-state index is 12.6. The number of carbonyl (C=O) groups is 1. The van der Waals surface area contributed by atoms with Gasteiger partial charge in [0, 0.05) is 16.7 Å². The van der Waals surface area contributed by atoms with Crippen molar-refractivity contribution in [3.8, 4) is 22.8 Å². The molecule has 2 aromatic carbocycles. The average Bonchev–Trinajstić information content (AvgIpc) is 2.60. The van der Waals surface area contributed by atoms with Crippen LogP contribution in [0.3, 0.4) is 0 Å². The molecule has 0 unspecified atom stereocenters. The molecular weight excluding hydrogens is 348 g/mol. The van der Waals surface area contributed by atoms with Gasteiger partial charge in [-0.3, -0.25) is 4.79 Å². The van der Waals surface area contributed by atoms with E-state index in [-0.39, 0.29) is 16.7 Å². The third-order valence-corrected chi connectivity index (χ3v) is 3.95. The van der Waals surface area contributed by atoms with Crippen LogP contribution in [0.25, 0.3) is 22.3 Å². The molecule has 0 aliphatic carbocycles. The fourth-order valence-corrected chi connectivity index (χ4v) is 2.70. The minimum Gasteiger partial charge on any atom is -0.493 e. The van der Waals surface area contributed by atoms with Crippen LogP contribution in [-0.4, -0.2) is 25.3 Å². The summed E-state index contributed by atoms with van der Waals surface area (Å²) in [5.41, 5.74) is -0.529. The Labute approximate surface area is 147 Å². The largest absolute Gasteiger partial charge is 0.493 e. The molecule has 128 valence electrons. The summed E-state index contributed by atoms with van der Waals surface area (Å²) >= 11 is 5.94. The molecule has 6 nitrogen and oxygen atoms in total. The summed E-state index contributed by atoms with van der Waals surface area (Å²) in [6.07, 6.45) is 0. The number of hydrogen-bond donors (Lipinski definition) is 1. The van der Waals surface area contributed by atoms with Crippen molar-refractivity contribution in [1.29, 1.82) is 0 Å². The molecule has 0 spiro atoms. The first-order valence-corrected chi connectivity index (χ1v) is 7.56. The van der Waals surface area contributed by atoms with Crippen molar-refractivity contribution >= 4 is 28.5 Å². The summed E-state index contributed by atoms with van der Waals surface area (Å²) in [4.78, 5) is 24.3. The molecule has 0 fully saturated rings. The molecule has 0 saturated carbocycles. The number of carboxylic acids is 1. The number of methoxy groups -OCH3 is 2. The molecule has 0 bridgehead atoms. The third-order valence-electron chi connectivity index (χ3n) is 3.71. The average molecular weight is 361 g/mol. The van der Waals surface area contributed by atoms with Gasteiger partial charge in [0.1, 0.15) is 5.58 Å². The second kappa shape index (κ2) is 6.49. The number of rotatable bonds is 4. The van der Waals surface area contributed by atoms with Crippen LogP contribution in [0.2, 0.25) is 5.02 Å². The monoisotopic (exact) mass is 360 g/mol. The molecule has 1 heterocycles. The van der Waals surface area contributed by atoms with Crippen LogP contribution in [0.1, 0.15) is 10.4 Å². The summed E-state index contributed by atoms with van der Waals surface area (Å²) < 4.78 is 16.1. The molecular formula is C18H13ClO6. The van der Waals surface area contributed by atoms with Crippen LogP contribution in [0.4, 0.5) is 0 Å². The van der Waals surface area contributed by atoms with Crippen LogP contribution in [0, 0.1) is 0 Å². The Morgan fingerprint density at radius 3 is 2.44 bits per heavy atom. The van der Waals surface area contributed by atoms with Crippen molar-refractivity contribution in [1.82, 2.24) is 0 Å². The zero-order valence-electron chi connectivity index (χ0n) is 13.3. The van der Waals surface area contributed by atoms with Gasteiger partial charge in [-0.1, -0.05) is 11.6 Å². The Bertz CT molecular complexity index is 1040. The summed E-state index contributed by atoms with van der Waals surface area (Å²) in [6.45, 7) is 0. The highest BCUT2D eigenvalue weighted by Crippen LogP contribution is 2.34. The molecule has 0 aliphatic rings. The quantitative estimate of drug-likeness (QED) is 0.761. The van der Waals surface area contributed by atoms with Gasteiger partial charge in [0.2, 0.25) is 5.43 Å². The highest BCUT2D eigenvalue weighted by Gasteiger charge is 2.22. The van der Waals surface area contributed by atoms with Gasteiger partial charge in [0.15, 0.2) is 22.8 Å². The number of aromatic carboxylic acids is 1. The number of ether oxygens (including phenoxy) is 2. The van der Waals surface area contributed by atoms with E-state index in [0.29, 0.717) is 22.1 Å². The van der Waals surface area contributed by atoms with Crippen molar-refractivity contribution in [3.63, 3.8) is 0 Å². The van der Waals surface area contributed by atoms with Crippen molar-refractivity contribution in [2.75, 3.05) is 14.2 Å². The lowest BCUT2D eigenvalue weighted by atomic mass is 10.0. The number of hydrogen-bond acceptors (Lipinski definition) is 5. The third kappa shape index (κ3) is 2.92. The van der Waals surface area contributed by atoms with Gasteiger partial charge in [0.05, 0.1) is 19.6 Å². The molecule has 7 heteroatoms. The van der Waals surface area contributed by atoms with Gasteiger partial charge in [-0.15, -0.1) is 0 Å². The summed E-state index contributed by atoms with van der Waals surface area (Å²) in [7, 11) is 2.94. The molecule has 3 aromatic rings. The van der Waals surface area contributed by atoms with E-state index in [9.17, 15) is 14.7 Å². The number of benzene rings is 2. The Morgan fingerprint density at radius 2 is 1.80 bits per heavy atom. The van der Waals surface area contributed by atoms with Crippen LogP contribution in [0.15, 0.2) is 45.6 Å². The zero-order chi connectivity index (χ0) is 18.1. The van der Waals surface area contributed by atoms with Gasteiger partial charge in [-0.05, 0) is 30.3 Å². The lowest BCUT2D eigenvalue weighted by Gasteiger charge is -2.11. The van der Waals surface area contributed by atoms with Gasteiger partial charge in [0.25, 0.3) is 0 Å². The normalized spacial score (nSPS) is 10.7. The first kappa shape index (κ1) is 16.9. The Balaban J connectivity index is 2.37. The number of carboxylic acid groups (broad SMARTS) is 1. The number of halogens is 1. The second-order valence-corrected chi connectivity index (χ2v) is 5.59. The van der Waals surface area contributed by atoms with Gasteiger partial charge in [-0.2, -0.15) is 0 Å². The molecule has 1 N–H and O–H groups in total. The van der Waals surface area contributed by atoms with Crippen LogP contribution >= 0.6 is 11.6 Å². The maximum absolute atomic E-state index is 12.6. The van der Waals surface area contributed by atoms with Crippen LogP contribution in [0.5, 0.6) is 11.5 Å². The molecule has 0 radical (unpaired) electrons. The predicted molar refractivity (Wildman–Crippen MR) is 93.0 cm³/mol. The van der Waals surface area contributed by atoms with Crippen LogP contribution in [-0.2, 0) is 0 Å². The van der Waals surface area contributed by atoms with Gasteiger partial charge in [-0.25, -0.2) is 4.79 Å². The molecule has 25 heavy (non-hydrogen) atoms. The first-order valence-electron chi connectivity index (χ1n) is 7.18. The maximum Gasteiger partial charge on any atom is 0.343 e. The highest BCUT2D eigenvalue weighted by molar-refractivity contribution is 6.31. The lowest BCUT2D eigenvalue weighted by Crippen LogP contribution is -2.16. The molecule has 3 rings (SSSR count). The second-order valence-electron chi connectivity index (χ2n) is 5.15. The molecule has 0 amide bonds. The van der Waals surface area contributed by atoms with Crippen molar-refractivity contribution in [3.05, 3.63) is 57.2 Å². The standard InChI is InChI=1S/C18H13ClO6/c1-23-12-6-3-9(7-14(12)24-2)17-15(18(21)22)16(20)11-5-4-10(19)8-13(11)25-17/h3-8H,1-2H3,(H,21,22). The Morgan fingerprint density at radius 1 is 1.08 bits per heavy atom. The SMILES string of the molecule is COc1ccc(-c2oc3cc(Cl)ccc3c(=O)c2C(=O)O)cc1OC. The summed E-state index contributed by atoms with van der Waals surface area (Å²) in [5, 5.41) is 10.0. The van der Waals surface area contributed by atoms with Crippen molar-refractivity contribution in [2.45, 2.75) is 0 Å². The van der Waals surface area contributed by atoms with E-state index < -0.39 is 17.0 Å². The smallest absolute Gasteiger partial charge is 0.343 e. The van der Waals surface area contributed by atoms with Gasteiger partial charge < -0.3 is 19.0 Å². The van der Waals surface area contributed by atoms with E-state index in [1.54, 1.807) is 18.2 Å². The van der Waals surface area contributed by atoms with E-state index in [1.807, 2.05) is 0 Å². The highest BCUT2D eigenvalue weighted by atomic mass is 35.5. The van der Waals surface area contributed by atoms with Crippen molar-refractivity contribution in [2.24, 2.45) is 0 Å². The number of fused-ring (bicyclic) bond motifs is 1. The van der Waals surface area contributed by atoms with E-state index >= 15 is 0 Å². The minimum atomic E-state index is -1.38. The Hall–Kier alpha value is -2.99. The molecule has 0 saturated heterocycles. The molecule has 1 aromatic heterocycles. The topological polar surface area (TPSA) is 86.0 Å². The predicted octanol–water partition coefficient (Wildman–Crippen LogP) is 3.83. The first-order chi connectivity index (χ1) is 12.0. The molecule has 0 atom stereocenters. The zero-order valence-corrected chi connectivity index (χ0v) is 14.1. The summed E-state index contributed by atoms with van der Waals surface area (Å²) in [5.74, 6) is -0.608. The Kier molecular flexibility index (Phi) is 4.37. The van der Waals surface area contributed by atoms with E-state index in [1.165, 1.54) is 32.4 Å². The van der Waals surface area contributed by atoms with E-state index in [4.69, 9.17) is 25.5 Å². The van der Waals surface area contributed by atoms with Gasteiger partial charge >= 0.3 is 5.97 Å².